The number of nitrogens with zero attached hydrogens (tertiary/aromatic N) is 3. The van der Waals surface area contributed by atoms with Gasteiger partial charge in [-0.3, -0.25) is 0 Å². The zero-order valence-corrected chi connectivity index (χ0v) is 7.24. The highest BCUT2D eigenvalue weighted by atomic mass is 19.1. The summed E-state index contributed by atoms with van der Waals surface area (Å²) in [6.45, 7) is 1.71. The number of aryl methyl sites for hydroxylation is 2. The minimum Gasteiger partial charge on any atom is -0.493 e. The van der Waals surface area contributed by atoms with Crippen molar-refractivity contribution in [2.24, 2.45) is 7.05 Å². The Morgan fingerprint density at radius 2 is 2.23 bits per heavy atom. The topological polar surface area (TPSA) is 50.9 Å². The van der Waals surface area contributed by atoms with Crippen molar-refractivity contribution in [3.63, 3.8) is 0 Å². The molecular formula is C8H8FN3O. The van der Waals surface area contributed by atoms with Gasteiger partial charge in [0.1, 0.15) is 10.9 Å². The monoisotopic (exact) mass is 181 g/mol. The van der Waals surface area contributed by atoms with E-state index in [1.165, 1.54) is 7.05 Å². The normalized spacial score (nSPS) is 11.0. The highest BCUT2D eigenvalue weighted by molar-refractivity contribution is 5.83. The Kier molecular flexibility index (Phi) is 1.48. The van der Waals surface area contributed by atoms with E-state index in [4.69, 9.17) is 0 Å². The van der Waals surface area contributed by atoms with E-state index in [2.05, 4.69) is 10.1 Å². The number of halogens is 1. The van der Waals surface area contributed by atoms with E-state index in [1.54, 1.807) is 13.0 Å². The molecule has 0 spiro atoms. The lowest BCUT2D eigenvalue weighted by Gasteiger charge is -1.94. The van der Waals surface area contributed by atoms with Crippen molar-refractivity contribution in [1.29, 1.82) is 0 Å². The van der Waals surface area contributed by atoms with Crippen LogP contribution in [-0.4, -0.2) is 19.9 Å². The maximum Gasteiger partial charge on any atom is 0.225 e. The van der Waals surface area contributed by atoms with Crippen molar-refractivity contribution in [3.05, 3.63) is 17.7 Å². The summed E-state index contributed by atoms with van der Waals surface area (Å²) in [6, 6.07) is 1.62. The first-order valence-electron chi connectivity index (χ1n) is 3.78. The molecule has 2 aromatic rings. The van der Waals surface area contributed by atoms with Gasteiger partial charge in [0, 0.05) is 12.7 Å². The fraction of sp³-hybridized carbons (Fsp3) is 0.250. The third kappa shape index (κ3) is 1.04. The van der Waals surface area contributed by atoms with Crippen molar-refractivity contribution in [2.75, 3.05) is 0 Å². The van der Waals surface area contributed by atoms with E-state index in [0.29, 0.717) is 11.2 Å². The molecule has 0 amide bonds. The predicted octanol–water partition coefficient (Wildman–Crippen LogP) is 1.12. The largest absolute Gasteiger partial charge is 0.493 e. The van der Waals surface area contributed by atoms with E-state index in [0.717, 1.165) is 4.68 Å². The number of hydrogen-bond acceptors (Lipinski definition) is 3. The van der Waals surface area contributed by atoms with Crippen LogP contribution in [0.3, 0.4) is 0 Å². The van der Waals surface area contributed by atoms with Crippen LogP contribution in [0.25, 0.3) is 10.9 Å². The van der Waals surface area contributed by atoms with Gasteiger partial charge in [-0.2, -0.15) is 9.49 Å². The Hall–Kier alpha value is -1.65. The summed E-state index contributed by atoms with van der Waals surface area (Å²) in [7, 11) is 1.48. The van der Waals surface area contributed by atoms with Gasteiger partial charge < -0.3 is 5.11 Å². The summed E-state index contributed by atoms with van der Waals surface area (Å²) in [4.78, 5) is 3.74. The second-order valence-electron chi connectivity index (χ2n) is 2.90. The molecule has 0 radical (unpaired) electrons. The first kappa shape index (κ1) is 7.97. The zero-order valence-electron chi connectivity index (χ0n) is 7.24. The highest BCUT2D eigenvalue weighted by Gasteiger charge is 2.13. The van der Waals surface area contributed by atoms with Crippen molar-refractivity contribution in [2.45, 2.75) is 6.92 Å². The first-order chi connectivity index (χ1) is 6.09. The minimum atomic E-state index is -0.569. The molecule has 4 nitrogen and oxygen atoms in total. The van der Waals surface area contributed by atoms with Gasteiger partial charge in [-0.1, -0.05) is 0 Å². The van der Waals surface area contributed by atoms with Gasteiger partial charge in [-0.25, -0.2) is 9.67 Å². The van der Waals surface area contributed by atoms with Crippen molar-refractivity contribution in [3.8, 4) is 5.88 Å². The van der Waals surface area contributed by atoms with Crippen LogP contribution < -0.4 is 0 Å². The Morgan fingerprint density at radius 3 is 2.92 bits per heavy atom. The van der Waals surface area contributed by atoms with Gasteiger partial charge in [0.05, 0.1) is 0 Å². The lowest BCUT2D eigenvalue weighted by Crippen LogP contribution is -1.92. The van der Waals surface area contributed by atoms with Gasteiger partial charge in [0.15, 0.2) is 0 Å². The van der Waals surface area contributed by atoms with E-state index >= 15 is 0 Å². The van der Waals surface area contributed by atoms with Gasteiger partial charge in [-0.15, -0.1) is 0 Å². The third-order valence-electron chi connectivity index (χ3n) is 1.86. The van der Waals surface area contributed by atoms with Crippen LogP contribution in [0.1, 0.15) is 5.69 Å². The fourth-order valence-electron chi connectivity index (χ4n) is 1.28. The summed E-state index contributed by atoms with van der Waals surface area (Å²) in [5.74, 6) is -0.874. The average molecular weight is 181 g/mol. The van der Waals surface area contributed by atoms with Crippen LogP contribution in [0.15, 0.2) is 6.07 Å². The van der Waals surface area contributed by atoms with Crippen LogP contribution in [0.5, 0.6) is 5.88 Å². The zero-order chi connectivity index (χ0) is 9.59. The maximum absolute atomic E-state index is 13.3. The quantitative estimate of drug-likeness (QED) is 0.662. The van der Waals surface area contributed by atoms with E-state index in [1.807, 2.05) is 0 Å². The molecule has 0 saturated carbocycles. The molecule has 1 N–H and O–H groups in total. The molecule has 0 saturated heterocycles. The maximum atomic E-state index is 13.3. The van der Waals surface area contributed by atoms with E-state index in [9.17, 15) is 9.50 Å². The summed E-state index contributed by atoms with van der Waals surface area (Å²) in [6.07, 6.45) is 0. The van der Waals surface area contributed by atoms with Gasteiger partial charge >= 0.3 is 0 Å². The number of aromatic nitrogens is 3. The third-order valence-corrected chi connectivity index (χ3v) is 1.86. The molecular weight excluding hydrogens is 173 g/mol. The molecule has 0 fully saturated rings. The van der Waals surface area contributed by atoms with Gasteiger partial charge in [0.25, 0.3) is 0 Å². The lowest BCUT2D eigenvalue weighted by atomic mass is 10.3. The first-order valence-corrected chi connectivity index (χ1v) is 3.78. The second kappa shape index (κ2) is 2.42. The molecule has 2 rings (SSSR count). The molecule has 13 heavy (non-hydrogen) atoms. The summed E-state index contributed by atoms with van der Waals surface area (Å²) in [5.41, 5.74) is 1.04. The smallest absolute Gasteiger partial charge is 0.225 e. The number of fused-ring (bicyclic) bond motifs is 1. The molecule has 0 atom stereocenters. The predicted molar refractivity (Wildman–Crippen MR) is 44.9 cm³/mol. The fourth-order valence-corrected chi connectivity index (χ4v) is 1.28. The van der Waals surface area contributed by atoms with Crippen molar-refractivity contribution in [1.82, 2.24) is 14.8 Å². The molecule has 0 aliphatic heterocycles. The Bertz CT molecular complexity index is 478. The summed E-state index contributed by atoms with van der Waals surface area (Å²) < 4.78 is 14.3. The number of rotatable bonds is 0. The van der Waals surface area contributed by atoms with Crippen LogP contribution >= 0.6 is 0 Å². The van der Waals surface area contributed by atoms with Crippen molar-refractivity contribution >= 4 is 10.9 Å². The average Bonchev–Trinajstić information content (AvgIpc) is 2.27. The molecule has 0 unspecified atom stereocenters. The second-order valence-corrected chi connectivity index (χ2v) is 2.90. The number of pyridine rings is 1. The van der Waals surface area contributed by atoms with E-state index in [-0.39, 0.29) is 11.3 Å². The Labute approximate surface area is 73.6 Å². The van der Waals surface area contributed by atoms with E-state index < -0.39 is 5.95 Å². The number of aromatic hydroxyl groups is 1. The van der Waals surface area contributed by atoms with Crippen LogP contribution in [0.2, 0.25) is 0 Å². The van der Waals surface area contributed by atoms with Crippen LogP contribution in [-0.2, 0) is 7.05 Å². The number of hydrogen-bond donors (Lipinski definition) is 1. The molecule has 2 heterocycles. The summed E-state index contributed by atoms with van der Waals surface area (Å²) >= 11 is 0. The highest BCUT2D eigenvalue weighted by Crippen LogP contribution is 2.24. The van der Waals surface area contributed by atoms with Crippen molar-refractivity contribution < 1.29 is 9.50 Å². The molecule has 5 heteroatoms. The van der Waals surface area contributed by atoms with Gasteiger partial charge in [-0.05, 0) is 13.0 Å². The standard InChI is InChI=1S/C8H8FN3O/c1-4-3-5-6(8(13)10-4)7(9)12(2)11-5/h3H,1-2H3,(H,10,13). The van der Waals surface area contributed by atoms with Crippen LogP contribution in [0, 0.1) is 12.9 Å². The SMILES string of the molecule is Cc1cc2nn(C)c(F)c2c(O)n1. The Morgan fingerprint density at radius 1 is 1.54 bits per heavy atom. The molecule has 68 valence electrons. The molecule has 2 aromatic heterocycles. The Balaban J connectivity index is 2.94. The molecule has 0 aliphatic carbocycles. The molecule has 0 aliphatic rings. The van der Waals surface area contributed by atoms with Crippen LogP contribution in [0.4, 0.5) is 4.39 Å². The van der Waals surface area contributed by atoms with Gasteiger partial charge in [0.2, 0.25) is 11.8 Å². The molecule has 0 aromatic carbocycles. The molecule has 0 bridgehead atoms. The summed E-state index contributed by atoms with van der Waals surface area (Å²) in [5, 5.41) is 13.3. The minimum absolute atomic E-state index is 0.0769. The lowest BCUT2D eigenvalue weighted by molar-refractivity contribution is 0.452.